The predicted molar refractivity (Wildman–Crippen MR) is 27.9 cm³/mol. The zero-order valence-corrected chi connectivity index (χ0v) is 7.79. The minimum Gasteiger partial charge on any atom is 0 e. The molecule has 0 N–H and O–H groups in total. The summed E-state index contributed by atoms with van der Waals surface area (Å²) in [6, 6.07) is 0. The van der Waals surface area contributed by atoms with E-state index in [1.165, 1.54) is 0 Å². The topological polar surface area (TPSA) is 0 Å². The molecule has 0 aromatic carbocycles. The van der Waals surface area contributed by atoms with Crippen LogP contribution in [0.25, 0.3) is 0 Å². The third-order valence-electron chi connectivity index (χ3n) is 0. The van der Waals surface area contributed by atoms with E-state index in [1.54, 1.807) is 0 Å². The van der Waals surface area contributed by atoms with Crippen LogP contribution >= 0.6 is 0 Å². The molecule has 0 bridgehead atoms. The van der Waals surface area contributed by atoms with Crippen molar-refractivity contribution in [1.29, 1.82) is 0 Å². The number of hydrogen-bond acceptors (Lipinski definition) is 0. The maximum absolute atomic E-state index is 0. The second-order valence-corrected chi connectivity index (χ2v) is 0. The van der Waals surface area contributed by atoms with Crippen LogP contribution in [0.3, 0.4) is 0 Å². The fourth-order valence-corrected chi connectivity index (χ4v) is 0. The molecule has 0 atom stereocenters. The quantitative estimate of drug-likeness (QED) is 0.323. The second-order valence-electron chi connectivity index (χ2n) is 0. The van der Waals surface area contributed by atoms with E-state index < -0.39 is 0 Å². The van der Waals surface area contributed by atoms with Gasteiger partial charge in [0.15, 0.2) is 0 Å². The molecule has 0 spiro atoms. The van der Waals surface area contributed by atoms with Crippen molar-refractivity contribution in [2.45, 2.75) is 0 Å². The molecule has 0 heterocycles. The summed E-state index contributed by atoms with van der Waals surface area (Å²) in [5.41, 5.74) is 0. The van der Waals surface area contributed by atoms with Gasteiger partial charge in [0.05, 0.1) is 0 Å². The van der Waals surface area contributed by atoms with Crippen LogP contribution in [0.1, 0.15) is 2.85 Å². The van der Waals surface area contributed by atoms with Gasteiger partial charge in [-0.25, -0.2) is 0 Å². The van der Waals surface area contributed by atoms with E-state index >= 15 is 0 Å². The first-order valence-electron chi connectivity index (χ1n) is 0. The summed E-state index contributed by atoms with van der Waals surface area (Å²) < 4.78 is 0. The van der Waals surface area contributed by atoms with Crippen LogP contribution in [0.5, 0.6) is 0 Å². The van der Waals surface area contributed by atoms with Crippen molar-refractivity contribution in [3.05, 3.63) is 0 Å². The molecule has 0 nitrogen and oxygen atoms in total. The molecule has 0 saturated heterocycles. The molecule has 35 valence electrons. The summed E-state index contributed by atoms with van der Waals surface area (Å²) in [6.07, 6.45) is 0. The Kier molecular flexibility index (Phi) is 151. The molecule has 5 heavy (non-hydrogen) atoms. The Balaban J connectivity index is 0. The van der Waals surface area contributed by atoms with Gasteiger partial charge in [0.25, 0.3) is 0 Å². The van der Waals surface area contributed by atoms with E-state index in [4.69, 9.17) is 0 Å². The van der Waals surface area contributed by atoms with Gasteiger partial charge in [0, 0.05) is 63.1 Å². The Bertz CT molecular complexity index is 17.7. The molecule has 0 aromatic heterocycles. The van der Waals surface area contributed by atoms with Crippen LogP contribution in [0.15, 0.2) is 0 Å². The predicted octanol–water partition coefficient (Wildman–Crippen LogP) is -2.53. The molecule has 0 fully saturated rings. The van der Waals surface area contributed by atoms with Crippen molar-refractivity contribution in [2.75, 3.05) is 0 Å². The van der Waals surface area contributed by atoms with Gasteiger partial charge < -0.3 is 2.85 Å². The maximum Gasteiger partial charge on any atom is 0 e. The Morgan fingerprint density at radius 3 is 1.20 bits per heavy atom. The van der Waals surface area contributed by atoms with Gasteiger partial charge in [-0.2, -0.15) is 0 Å². The fraction of sp³-hybridized carbons (Fsp3) is 0. The number of rotatable bonds is 0. The fourth-order valence-electron chi connectivity index (χ4n) is 0. The van der Waals surface area contributed by atoms with E-state index in [0.29, 0.717) is 0 Å². The van der Waals surface area contributed by atoms with Crippen molar-refractivity contribution in [3.63, 3.8) is 0 Å². The molecule has 0 aromatic rings. The first-order valence-corrected chi connectivity index (χ1v) is 0. The Morgan fingerprint density at radius 2 is 1.20 bits per heavy atom. The van der Waals surface area contributed by atoms with E-state index in [-0.39, 0.29) is 149 Å². The summed E-state index contributed by atoms with van der Waals surface area (Å²) in [4.78, 5) is 0. The van der Waals surface area contributed by atoms with Gasteiger partial charge in [-0.15, -0.1) is 0 Å². The normalized spacial score (nSPS) is 0. The molecule has 1 radical (unpaired) electrons. The minimum atomic E-state index is 0. The Labute approximate surface area is 145 Å². The van der Waals surface area contributed by atoms with E-state index in [1.807, 2.05) is 0 Å². The smallest absolute Gasteiger partial charge is 0 e. The maximum atomic E-state index is 0. The van der Waals surface area contributed by atoms with Crippen LogP contribution in [0.2, 0.25) is 0 Å². The average molecular weight is 499 g/mol. The molecular formula is H8CaGaInLuZr. The van der Waals surface area contributed by atoms with Gasteiger partial charge in [0.1, 0.15) is 0 Å². The molecule has 0 amide bonds. The van der Waals surface area contributed by atoms with Crippen LogP contribution in [0, 0.1) is 36.9 Å². The van der Waals surface area contributed by atoms with Gasteiger partial charge in [0.2, 0.25) is 0 Å². The van der Waals surface area contributed by atoms with Crippen LogP contribution in [0.4, 0.5) is 0 Å². The van der Waals surface area contributed by atoms with Gasteiger partial charge in [-0.3, -0.25) is 0 Å². The molecule has 0 aliphatic rings. The van der Waals surface area contributed by atoms with Gasteiger partial charge >= 0.3 is 83.4 Å². The van der Waals surface area contributed by atoms with Crippen molar-refractivity contribution in [1.82, 2.24) is 0 Å². The summed E-state index contributed by atoms with van der Waals surface area (Å²) in [5, 5.41) is 0. The number of hydrogen-bond donors (Lipinski definition) is 0. The summed E-state index contributed by atoms with van der Waals surface area (Å²) >= 11 is 0. The van der Waals surface area contributed by atoms with Crippen molar-refractivity contribution in [2.24, 2.45) is 0 Å². The van der Waals surface area contributed by atoms with E-state index in [9.17, 15) is 0 Å². The largest absolute Gasteiger partial charge is 0 e. The molecule has 0 rings (SSSR count). The molecule has 0 aliphatic carbocycles. The average Bonchev–Trinajstić information content (AvgIpc) is 0. The zero-order valence-electron chi connectivity index (χ0n) is 3.47. The first kappa shape index (κ1) is 32.7. The third kappa shape index (κ3) is 17.6. The van der Waals surface area contributed by atoms with E-state index in [2.05, 4.69) is 0 Å². The second kappa shape index (κ2) is 23.2. The molecule has 0 aliphatic heterocycles. The van der Waals surface area contributed by atoms with Crippen LogP contribution in [-0.2, 0) is 26.2 Å². The van der Waals surface area contributed by atoms with Gasteiger partial charge in [-0.1, -0.05) is 0 Å². The minimum absolute atomic E-state index is 0. The summed E-state index contributed by atoms with van der Waals surface area (Å²) in [5.74, 6) is 0. The molecule has 0 unspecified atom stereocenters. The Morgan fingerprint density at radius 1 is 1.20 bits per heavy atom. The summed E-state index contributed by atoms with van der Waals surface area (Å²) in [6.45, 7) is 0. The monoisotopic (exact) mass is 497 g/mol. The summed E-state index contributed by atoms with van der Waals surface area (Å²) in [7, 11) is 0. The zero-order chi connectivity index (χ0) is 0. The standard InChI is InChI=1S/Ca.Ga.In.Lu.Zr.8H/q+2;;;;;;;;;;;2*-1. The SMILES string of the molecule is [Ca+2].[GaH3].[H-].[H-].[InH3].[Lu].[Zr]. The first-order chi connectivity index (χ1) is 0. The molecule has 0 saturated carbocycles. The van der Waals surface area contributed by atoms with Crippen molar-refractivity contribution >= 4 is 83.4 Å². The van der Waals surface area contributed by atoms with Crippen LogP contribution in [-0.4, -0.2) is 83.4 Å². The Hall–Kier alpha value is 4.88. The molecule has 5 heteroatoms. The van der Waals surface area contributed by atoms with Gasteiger partial charge in [-0.05, 0) is 0 Å². The van der Waals surface area contributed by atoms with Crippen LogP contribution < -0.4 is 0 Å². The van der Waals surface area contributed by atoms with Crippen molar-refractivity contribution < 1.29 is 65.9 Å². The third-order valence-corrected chi connectivity index (χ3v) is 0. The van der Waals surface area contributed by atoms with Crippen molar-refractivity contribution in [3.8, 4) is 0 Å². The molecular weight excluding hydrogens is 491 g/mol. The van der Waals surface area contributed by atoms with E-state index in [0.717, 1.165) is 0 Å².